The lowest BCUT2D eigenvalue weighted by atomic mass is 10.2. The summed E-state index contributed by atoms with van der Waals surface area (Å²) >= 11 is 6.09. The molecule has 0 heterocycles. The Kier molecular flexibility index (Phi) is 6.76. The van der Waals surface area contributed by atoms with Crippen LogP contribution in [0.4, 0.5) is 0 Å². The minimum atomic E-state index is -3.75. The standard InChI is InChI=1S/C17H19ClN4O6S2/c1-21(2)30(26,27)13-7-8-15(14(18)10-13)28-22(17(19)20)16(23)11-5-4-6-12(9-11)29(3,24)25/h4-10H,1-3H3,(H3,19,20). The van der Waals surface area contributed by atoms with Crippen LogP contribution in [0.5, 0.6) is 5.75 Å². The van der Waals surface area contributed by atoms with Gasteiger partial charge in [-0.1, -0.05) is 17.7 Å². The number of benzene rings is 2. The predicted octanol–water partition coefficient (Wildman–Crippen LogP) is 1.32. The molecular weight excluding hydrogens is 456 g/mol. The minimum Gasteiger partial charge on any atom is -0.367 e. The zero-order chi connectivity index (χ0) is 22.9. The summed E-state index contributed by atoms with van der Waals surface area (Å²) in [5.41, 5.74) is 5.33. The zero-order valence-corrected chi connectivity index (χ0v) is 18.5. The van der Waals surface area contributed by atoms with E-state index >= 15 is 0 Å². The summed E-state index contributed by atoms with van der Waals surface area (Å²) in [6.45, 7) is 0. The van der Waals surface area contributed by atoms with Crippen molar-refractivity contribution in [2.24, 2.45) is 5.73 Å². The lowest BCUT2D eigenvalue weighted by Crippen LogP contribution is -2.43. The number of sulfonamides is 1. The first-order chi connectivity index (χ1) is 13.7. The highest BCUT2D eigenvalue weighted by Gasteiger charge is 2.25. The highest BCUT2D eigenvalue weighted by Crippen LogP contribution is 2.29. The first-order valence-corrected chi connectivity index (χ1v) is 11.8. The number of rotatable bonds is 6. The van der Waals surface area contributed by atoms with Gasteiger partial charge in [0, 0.05) is 25.9 Å². The Balaban J connectivity index is 2.39. The molecule has 0 radical (unpaired) electrons. The molecule has 0 spiro atoms. The molecule has 0 fully saturated rings. The Hall–Kier alpha value is -2.67. The summed E-state index contributed by atoms with van der Waals surface area (Å²) in [6.07, 6.45) is 0.985. The van der Waals surface area contributed by atoms with Crippen molar-refractivity contribution in [3.8, 4) is 5.75 Å². The maximum atomic E-state index is 12.7. The van der Waals surface area contributed by atoms with Gasteiger partial charge in [0.05, 0.1) is 14.8 Å². The Bertz CT molecular complexity index is 1210. The molecule has 0 atom stereocenters. The van der Waals surface area contributed by atoms with Gasteiger partial charge in [0.2, 0.25) is 16.0 Å². The maximum absolute atomic E-state index is 12.7. The number of halogens is 1. The van der Waals surface area contributed by atoms with Crippen molar-refractivity contribution >= 4 is 43.3 Å². The summed E-state index contributed by atoms with van der Waals surface area (Å²) in [5.74, 6) is -1.86. The molecule has 0 aliphatic rings. The van der Waals surface area contributed by atoms with Gasteiger partial charge in [0.1, 0.15) is 0 Å². The molecule has 0 saturated carbocycles. The topological polar surface area (TPSA) is 151 Å². The van der Waals surface area contributed by atoms with E-state index in [0.29, 0.717) is 5.06 Å². The fourth-order valence-electron chi connectivity index (χ4n) is 2.20. The van der Waals surface area contributed by atoms with Crippen LogP contribution in [-0.4, -0.2) is 58.4 Å². The molecule has 2 aromatic carbocycles. The van der Waals surface area contributed by atoms with Gasteiger partial charge in [-0.05, 0) is 36.4 Å². The van der Waals surface area contributed by atoms with Crippen molar-refractivity contribution in [3.05, 3.63) is 53.1 Å². The predicted molar refractivity (Wildman–Crippen MR) is 111 cm³/mol. The molecule has 10 nitrogen and oxygen atoms in total. The van der Waals surface area contributed by atoms with E-state index in [2.05, 4.69) is 0 Å². The number of nitrogens with one attached hydrogen (secondary N) is 1. The van der Waals surface area contributed by atoms with Gasteiger partial charge in [-0.25, -0.2) is 21.1 Å². The second-order valence-electron chi connectivity index (χ2n) is 6.26. The molecule has 3 N–H and O–H groups in total. The summed E-state index contributed by atoms with van der Waals surface area (Å²) in [7, 11) is -4.61. The molecule has 0 bridgehead atoms. The Labute approximate surface area is 179 Å². The van der Waals surface area contributed by atoms with Gasteiger partial charge in [-0.15, -0.1) is 5.06 Å². The molecule has 0 unspecified atom stereocenters. The number of nitrogens with two attached hydrogens (primary N) is 1. The Morgan fingerprint density at radius 2 is 1.70 bits per heavy atom. The second-order valence-corrected chi connectivity index (χ2v) is 10.8. The highest BCUT2D eigenvalue weighted by molar-refractivity contribution is 7.90. The smallest absolute Gasteiger partial charge is 0.294 e. The van der Waals surface area contributed by atoms with Crippen LogP contribution in [0.1, 0.15) is 10.4 Å². The molecule has 2 aromatic rings. The van der Waals surface area contributed by atoms with Crippen molar-refractivity contribution in [2.75, 3.05) is 20.4 Å². The number of carbonyl (C=O) groups excluding carboxylic acids is 1. The average molecular weight is 475 g/mol. The van der Waals surface area contributed by atoms with E-state index in [0.717, 1.165) is 22.7 Å². The highest BCUT2D eigenvalue weighted by atomic mass is 35.5. The summed E-state index contributed by atoms with van der Waals surface area (Å²) < 4.78 is 48.8. The van der Waals surface area contributed by atoms with Crippen LogP contribution in [0.2, 0.25) is 5.02 Å². The molecule has 1 amide bonds. The number of carbonyl (C=O) groups is 1. The summed E-state index contributed by atoms with van der Waals surface area (Å²) in [6, 6.07) is 8.65. The molecule has 0 saturated heterocycles. The van der Waals surface area contributed by atoms with Gasteiger partial charge in [0.15, 0.2) is 15.6 Å². The van der Waals surface area contributed by atoms with Crippen LogP contribution in [-0.2, 0) is 19.9 Å². The number of nitrogens with zero attached hydrogens (tertiary/aromatic N) is 2. The van der Waals surface area contributed by atoms with E-state index in [1.807, 2.05) is 0 Å². The summed E-state index contributed by atoms with van der Waals surface area (Å²) in [5, 5.41) is 7.87. The first kappa shape index (κ1) is 23.6. The third kappa shape index (κ3) is 5.08. The van der Waals surface area contributed by atoms with Crippen molar-refractivity contribution in [2.45, 2.75) is 9.79 Å². The van der Waals surface area contributed by atoms with Crippen molar-refractivity contribution < 1.29 is 26.5 Å². The number of hydrogen-bond acceptors (Lipinski definition) is 7. The minimum absolute atomic E-state index is 0.101. The maximum Gasteiger partial charge on any atom is 0.294 e. The zero-order valence-electron chi connectivity index (χ0n) is 16.2. The first-order valence-electron chi connectivity index (χ1n) is 8.14. The third-order valence-electron chi connectivity index (χ3n) is 3.78. The lowest BCUT2D eigenvalue weighted by Gasteiger charge is -2.21. The third-order valence-corrected chi connectivity index (χ3v) is 7.00. The largest absolute Gasteiger partial charge is 0.367 e. The molecule has 0 aliphatic heterocycles. The van der Waals surface area contributed by atoms with Crippen LogP contribution < -0.4 is 10.6 Å². The SMILES string of the molecule is CN(C)S(=O)(=O)c1ccc(ON(C(=N)N)C(=O)c2cccc(S(C)(=O)=O)c2)c(Cl)c1. The monoisotopic (exact) mass is 474 g/mol. The molecule has 0 aliphatic carbocycles. The van der Waals surface area contributed by atoms with E-state index in [-0.39, 0.29) is 26.1 Å². The number of guanidine groups is 1. The average Bonchev–Trinajstić information content (AvgIpc) is 2.65. The van der Waals surface area contributed by atoms with Gasteiger partial charge in [0.25, 0.3) is 5.91 Å². The van der Waals surface area contributed by atoms with E-state index in [9.17, 15) is 21.6 Å². The van der Waals surface area contributed by atoms with Crippen molar-refractivity contribution in [3.63, 3.8) is 0 Å². The lowest BCUT2D eigenvalue weighted by molar-refractivity contribution is 0.0153. The van der Waals surface area contributed by atoms with Gasteiger partial charge >= 0.3 is 0 Å². The molecule has 30 heavy (non-hydrogen) atoms. The van der Waals surface area contributed by atoms with Crippen LogP contribution in [0.15, 0.2) is 52.3 Å². The van der Waals surface area contributed by atoms with Gasteiger partial charge in [-0.3, -0.25) is 10.2 Å². The molecule has 0 aromatic heterocycles. The van der Waals surface area contributed by atoms with Gasteiger partial charge in [-0.2, -0.15) is 0 Å². The second kappa shape index (κ2) is 8.60. The van der Waals surface area contributed by atoms with E-state index < -0.39 is 31.7 Å². The van der Waals surface area contributed by atoms with Crippen molar-refractivity contribution in [1.82, 2.24) is 9.37 Å². The van der Waals surface area contributed by atoms with Crippen LogP contribution in [0.3, 0.4) is 0 Å². The van der Waals surface area contributed by atoms with E-state index in [1.54, 1.807) is 0 Å². The quantitative estimate of drug-likeness (QED) is 0.364. The normalized spacial score (nSPS) is 11.9. The molecular formula is C17H19ClN4O6S2. The number of sulfone groups is 1. The van der Waals surface area contributed by atoms with Crippen LogP contribution in [0, 0.1) is 5.41 Å². The Morgan fingerprint density at radius 3 is 2.20 bits per heavy atom. The van der Waals surface area contributed by atoms with Crippen molar-refractivity contribution in [1.29, 1.82) is 5.41 Å². The van der Waals surface area contributed by atoms with Crippen LogP contribution >= 0.6 is 11.6 Å². The van der Waals surface area contributed by atoms with E-state index in [4.69, 9.17) is 27.6 Å². The number of hydrogen-bond donors (Lipinski definition) is 2. The van der Waals surface area contributed by atoms with Gasteiger partial charge < -0.3 is 10.6 Å². The fraction of sp³-hybridized carbons (Fsp3) is 0.176. The molecule has 162 valence electrons. The summed E-state index contributed by atoms with van der Waals surface area (Å²) in [4.78, 5) is 17.8. The fourth-order valence-corrected chi connectivity index (χ4v) is 4.08. The van der Waals surface area contributed by atoms with E-state index in [1.165, 1.54) is 44.4 Å². The number of amides is 1. The molecule has 13 heteroatoms. The Morgan fingerprint density at radius 1 is 1.07 bits per heavy atom. The number of hydroxylamine groups is 2. The van der Waals surface area contributed by atoms with Crippen LogP contribution in [0.25, 0.3) is 0 Å². The molecule has 2 rings (SSSR count).